The normalized spacial score (nSPS) is 11.5. The summed E-state index contributed by atoms with van der Waals surface area (Å²) in [5, 5.41) is 7.54. The van der Waals surface area contributed by atoms with E-state index in [1.807, 2.05) is 0 Å². The molecule has 0 unspecified atom stereocenters. The lowest BCUT2D eigenvalue weighted by Gasteiger charge is -2.13. The predicted octanol–water partition coefficient (Wildman–Crippen LogP) is 0.774. The first-order chi connectivity index (χ1) is 5.04. The molecule has 1 aromatic heterocycles. The van der Waals surface area contributed by atoms with Crippen molar-refractivity contribution < 1.29 is 4.79 Å². The summed E-state index contributed by atoms with van der Waals surface area (Å²) in [5.74, 6) is 0. The van der Waals surface area contributed by atoms with Crippen LogP contribution in [0.4, 0.5) is 0 Å². The molecule has 0 aromatic carbocycles. The van der Waals surface area contributed by atoms with Crippen LogP contribution in [0.1, 0.15) is 10.5 Å². The van der Waals surface area contributed by atoms with Crippen LogP contribution in [-0.4, -0.2) is 29.2 Å². The van der Waals surface area contributed by atoms with E-state index in [9.17, 15) is 4.79 Å². The van der Waals surface area contributed by atoms with Gasteiger partial charge in [0.1, 0.15) is 5.69 Å². The van der Waals surface area contributed by atoms with Crippen molar-refractivity contribution in [3.8, 4) is 0 Å². The van der Waals surface area contributed by atoms with Gasteiger partial charge in [-0.3, -0.25) is 9.14 Å². The van der Waals surface area contributed by atoms with Gasteiger partial charge >= 0.3 is 0 Å². The average molecular weight is 169 g/mol. The smallest absolute Gasteiger partial charge is 0.178 e. The Morgan fingerprint density at radius 3 is 2.45 bits per heavy atom. The van der Waals surface area contributed by atoms with Crippen LogP contribution in [0.2, 0.25) is 19.6 Å². The second-order valence-corrected chi connectivity index (χ2v) is 8.18. The zero-order chi connectivity index (χ0) is 8.48. The monoisotopic (exact) mass is 169 g/mol. The Labute approximate surface area is 66.3 Å². The molecule has 0 saturated carbocycles. The molecule has 0 aliphatic heterocycles. The molecular formula is C6H11N3OSi. The van der Waals surface area contributed by atoms with Crippen LogP contribution < -0.4 is 0 Å². The van der Waals surface area contributed by atoms with Gasteiger partial charge in [0, 0.05) is 6.20 Å². The molecule has 0 spiro atoms. The highest BCUT2D eigenvalue weighted by Gasteiger charge is 2.17. The molecule has 4 nitrogen and oxygen atoms in total. The number of carbonyl (C=O) groups is 1. The fourth-order valence-electron chi connectivity index (χ4n) is 0.659. The van der Waals surface area contributed by atoms with Crippen molar-refractivity contribution in [1.82, 2.24) is 14.7 Å². The standard InChI is InChI=1S/C6H11N3OSi/c1-11(2,3)9-4-6(5-10)7-8-9/h4-5H,1-3H3. The second kappa shape index (κ2) is 2.58. The summed E-state index contributed by atoms with van der Waals surface area (Å²) in [6, 6.07) is 0. The van der Waals surface area contributed by atoms with E-state index in [2.05, 4.69) is 30.0 Å². The fourth-order valence-corrected chi connectivity index (χ4v) is 1.49. The van der Waals surface area contributed by atoms with Crippen molar-refractivity contribution in [1.29, 1.82) is 0 Å². The van der Waals surface area contributed by atoms with Crippen LogP contribution >= 0.6 is 0 Å². The maximum atomic E-state index is 10.2. The van der Waals surface area contributed by atoms with Crippen molar-refractivity contribution in [2.24, 2.45) is 0 Å². The number of hydrogen-bond acceptors (Lipinski definition) is 3. The van der Waals surface area contributed by atoms with E-state index >= 15 is 0 Å². The summed E-state index contributed by atoms with van der Waals surface area (Å²) in [6.07, 6.45) is 2.41. The molecule has 0 fully saturated rings. The lowest BCUT2D eigenvalue weighted by molar-refractivity contribution is 0.111. The quantitative estimate of drug-likeness (QED) is 0.485. The van der Waals surface area contributed by atoms with Gasteiger partial charge in [-0.15, -0.1) is 5.10 Å². The van der Waals surface area contributed by atoms with E-state index in [1.54, 1.807) is 10.5 Å². The van der Waals surface area contributed by atoms with Crippen molar-refractivity contribution in [2.45, 2.75) is 19.6 Å². The Balaban J connectivity index is 2.98. The van der Waals surface area contributed by atoms with Crippen LogP contribution in [-0.2, 0) is 0 Å². The largest absolute Gasteiger partial charge is 0.296 e. The number of hydrogen-bond donors (Lipinski definition) is 0. The molecule has 1 heterocycles. The molecule has 0 aliphatic rings. The van der Waals surface area contributed by atoms with Gasteiger partial charge in [-0.1, -0.05) is 5.21 Å². The molecule has 0 N–H and O–H groups in total. The fraction of sp³-hybridized carbons (Fsp3) is 0.500. The van der Waals surface area contributed by atoms with E-state index in [0.717, 1.165) is 0 Å². The maximum absolute atomic E-state index is 10.2. The van der Waals surface area contributed by atoms with Gasteiger partial charge in [0.15, 0.2) is 14.5 Å². The lowest BCUT2D eigenvalue weighted by Crippen LogP contribution is -2.32. The van der Waals surface area contributed by atoms with Gasteiger partial charge < -0.3 is 0 Å². The molecule has 0 amide bonds. The Morgan fingerprint density at radius 1 is 1.55 bits per heavy atom. The summed E-state index contributed by atoms with van der Waals surface area (Å²) in [6.45, 7) is 6.41. The van der Waals surface area contributed by atoms with Gasteiger partial charge in [0.05, 0.1) is 0 Å². The third kappa shape index (κ3) is 1.74. The molecule has 1 aromatic rings. The molecule has 0 radical (unpaired) electrons. The topological polar surface area (TPSA) is 47.8 Å². The van der Waals surface area contributed by atoms with E-state index in [4.69, 9.17) is 0 Å². The molecular weight excluding hydrogens is 158 g/mol. The molecule has 60 valence electrons. The molecule has 5 heteroatoms. The van der Waals surface area contributed by atoms with Gasteiger partial charge in [0.25, 0.3) is 0 Å². The van der Waals surface area contributed by atoms with Crippen LogP contribution in [0, 0.1) is 0 Å². The van der Waals surface area contributed by atoms with Crippen LogP contribution in [0.5, 0.6) is 0 Å². The minimum absolute atomic E-state index is 0.410. The Morgan fingerprint density at radius 2 is 2.18 bits per heavy atom. The van der Waals surface area contributed by atoms with Crippen molar-refractivity contribution >= 4 is 14.5 Å². The minimum Gasteiger partial charge on any atom is -0.296 e. The first-order valence-corrected chi connectivity index (χ1v) is 6.87. The number of nitrogens with zero attached hydrogens (tertiary/aromatic N) is 3. The average Bonchev–Trinajstić information content (AvgIpc) is 2.32. The number of carbonyl (C=O) groups excluding carboxylic acids is 1. The Kier molecular flexibility index (Phi) is 1.90. The Bertz CT molecular complexity index is 263. The molecule has 1 rings (SSSR count). The van der Waals surface area contributed by atoms with E-state index < -0.39 is 8.24 Å². The van der Waals surface area contributed by atoms with Crippen LogP contribution in [0.15, 0.2) is 6.20 Å². The van der Waals surface area contributed by atoms with E-state index in [-0.39, 0.29) is 0 Å². The second-order valence-electron chi connectivity index (χ2n) is 3.38. The predicted molar refractivity (Wildman–Crippen MR) is 44.2 cm³/mol. The van der Waals surface area contributed by atoms with Crippen LogP contribution in [0.25, 0.3) is 0 Å². The summed E-state index contributed by atoms with van der Waals surface area (Å²) >= 11 is 0. The zero-order valence-corrected chi connectivity index (χ0v) is 7.90. The third-order valence-electron chi connectivity index (χ3n) is 1.32. The summed E-state index contributed by atoms with van der Waals surface area (Å²) in [7, 11) is -1.44. The minimum atomic E-state index is -1.44. The number of aldehydes is 1. The van der Waals surface area contributed by atoms with Crippen molar-refractivity contribution in [2.75, 3.05) is 0 Å². The van der Waals surface area contributed by atoms with Crippen molar-refractivity contribution in [3.63, 3.8) is 0 Å². The first-order valence-electron chi connectivity index (χ1n) is 3.42. The maximum Gasteiger partial charge on any atom is 0.178 e. The van der Waals surface area contributed by atoms with E-state index in [1.165, 1.54) is 0 Å². The molecule has 0 atom stereocenters. The highest BCUT2D eigenvalue weighted by molar-refractivity contribution is 6.74. The van der Waals surface area contributed by atoms with Gasteiger partial charge in [-0.05, 0) is 19.6 Å². The van der Waals surface area contributed by atoms with E-state index in [0.29, 0.717) is 12.0 Å². The highest BCUT2D eigenvalue weighted by atomic mass is 28.3. The third-order valence-corrected chi connectivity index (χ3v) is 2.91. The summed E-state index contributed by atoms with van der Waals surface area (Å²) in [4.78, 5) is 10.2. The summed E-state index contributed by atoms with van der Waals surface area (Å²) in [5.41, 5.74) is 0.410. The molecule has 11 heavy (non-hydrogen) atoms. The first kappa shape index (κ1) is 8.13. The number of aromatic nitrogens is 3. The van der Waals surface area contributed by atoms with Crippen LogP contribution in [0.3, 0.4) is 0 Å². The van der Waals surface area contributed by atoms with Gasteiger partial charge in [0.2, 0.25) is 0 Å². The summed E-state index contributed by atoms with van der Waals surface area (Å²) < 4.78 is 1.80. The molecule has 0 aliphatic carbocycles. The van der Waals surface area contributed by atoms with Crippen molar-refractivity contribution in [3.05, 3.63) is 11.9 Å². The molecule has 0 bridgehead atoms. The highest BCUT2D eigenvalue weighted by Crippen LogP contribution is 2.03. The molecule has 0 saturated heterocycles. The SMILES string of the molecule is C[Si](C)(C)n1cc(C=O)nn1. The lowest BCUT2D eigenvalue weighted by atomic mass is 10.6. The van der Waals surface area contributed by atoms with Gasteiger partial charge in [-0.25, -0.2) is 0 Å². The number of rotatable bonds is 2. The zero-order valence-electron chi connectivity index (χ0n) is 6.90. The Hall–Kier alpha value is -0.973. The van der Waals surface area contributed by atoms with Gasteiger partial charge in [-0.2, -0.15) is 0 Å².